The summed E-state index contributed by atoms with van der Waals surface area (Å²) < 4.78 is 15.3. The van der Waals surface area contributed by atoms with Crippen molar-refractivity contribution in [2.45, 2.75) is 23.8 Å². The van der Waals surface area contributed by atoms with E-state index < -0.39 is 0 Å². The molecule has 4 aromatic rings. The lowest BCUT2D eigenvalue weighted by atomic mass is 10.1. The van der Waals surface area contributed by atoms with Gasteiger partial charge in [0.1, 0.15) is 11.1 Å². The van der Waals surface area contributed by atoms with E-state index in [0.29, 0.717) is 17.4 Å². The normalized spacial score (nSPS) is 11.8. The van der Waals surface area contributed by atoms with Crippen LogP contribution in [0.4, 0.5) is 4.39 Å². The van der Waals surface area contributed by atoms with E-state index in [0.717, 1.165) is 16.8 Å². The number of aryl methyl sites for hydroxylation is 1. The van der Waals surface area contributed by atoms with Crippen molar-refractivity contribution in [3.63, 3.8) is 0 Å². The number of hydrogen-bond donors (Lipinski definition) is 0. The Hall–Kier alpha value is -3.43. The van der Waals surface area contributed by atoms with E-state index in [1.807, 2.05) is 66.1 Å². The summed E-state index contributed by atoms with van der Waals surface area (Å²) in [4.78, 5) is 0. The standard InChI is InChI=1S/C24H19FN4S/c1-17-7-9-18(10-8-17)15-22(16-26)30-24-28-27-23(19-11-13-20(25)14-12-19)29(24)21-5-3-2-4-6-21/h2-14,22H,15H2,1H3. The van der Waals surface area contributed by atoms with Gasteiger partial charge in [0, 0.05) is 11.3 Å². The highest BCUT2D eigenvalue weighted by Gasteiger charge is 2.20. The summed E-state index contributed by atoms with van der Waals surface area (Å²) in [5.41, 5.74) is 3.93. The predicted octanol–water partition coefficient (Wildman–Crippen LogP) is 5.61. The van der Waals surface area contributed by atoms with Crippen LogP contribution in [-0.2, 0) is 6.42 Å². The van der Waals surface area contributed by atoms with E-state index in [4.69, 9.17) is 0 Å². The van der Waals surface area contributed by atoms with Crippen LogP contribution in [-0.4, -0.2) is 20.0 Å². The molecule has 0 aliphatic rings. The summed E-state index contributed by atoms with van der Waals surface area (Å²) in [6, 6.07) is 26.5. The van der Waals surface area contributed by atoms with Gasteiger partial charge in [-0.05, 0) is 55.3 Å². The Bertz CT molecular complexity index is 1160. The highest BCUT2D eigenvalue weighted by Crippen LogP contribution is 2.31. The van der Waals surface area contributed by atoms with Crippen LogP contribution in [0.25, 0.3) is 17.1 Å². The van der Waals surface area contributed by atoms with E-state index >= 15 is 0 Å². The zero-order valence-electron chi connectivity index (χ0n) is 16.4. The smallest absolute Gasteiger partial charge is 0.197 e. The van der Waals surface area contributed by atoms with Gasteiger partial charge in [0.25, 0.3) is 0 Å². The zero-order chi connectivity index (χ0) is 20.9. The number of para-hydroxylation sites is 1. The summed E-state index contributed by atoms with van der Waals surface area (Å²) >= 11 is 1.38. The van der Waals surface area contributed by atoms with Crippen molar-refractivity contribution in [2.24, 2.45) is 0 Å². The molecule has 0 saturated carbocycles. The van der Waals surface area contributed by atoms with Crippen LogP contribution in [0, 0.1) is 24.1 Å². The van der Waals surface area contributed by atoms with Gasteiger partial charge in [-0.15, -0.1) is 10.2 Å². The lowest BCUT2D eigenvalue weighted by Crippen LogP contribution is -2.07. The van der Waals surface area contributed by atoms with Gasteiger partial charge in [-0.3, -0.25) is 4.57 Å². The van der Waals surface area contributed by atoms with E-state index in [2.05, 4.69) is 16.3 Å². The number of rotatable bonds is 6. The number of aromatic nitrogens is 3. The molecular weight excluding hydrogens is 395 g/mol. The molecule has 4 rings (SSSR count). The summed E-state index contributed by atoms with van der Waals surface area (Å²) in [5.74, 6) is 0.303. The van der Waals surface area contributed by atoms with Crippen molar-refractivity contribution in [1.29, 1.82) is 5.26 Å². The Labute approximate surface area is 179 Å². The SMILES string of the molecule is Cc1ccc(CC(C#N)Sc2nnc(-c3ccc(F)cc3)n2-c2ccccc2)cc1. The highest BCUT2D eigenvalue weighted by atomic mass is 32.2. The maximum atomic E-state index is 13.4. The van der Waals surface area contributed by atoms with Crippen molar-refractivity contribution in [3.8, 4) is 23.1 Å². The first-order chi connectivity index (χ1) is 14.6. The fourth-order valence-corrected chi connectivity index (χ4v) is 4.09. The molecule has 0 fully saturated rings. The van der Waals surface area contributed by atoms with E-state index in [-0.39, 0.29) is 11.1 Å². The van der Waals surface area contributed by atoms with Crippen molar-refractivity contribution >= 4 is 11.8 Å². The highest BCUT2D eigenvalue weighted by molar-refractivity contribution is 8.00. The lowest BCUT2D eigenvalue weighted by molar-refractivity contribution is 0.628. The molecular formula is C24H19FN4S. The fourth-order valence-electron chi connectivity index (χ4n) is 3.12. The van der Waals surface area contributed by atoms with Crippen molar-refractivity contribution in [2.75, 3.05) is 0 Å². The second-order valence-corrected chi connectivity index (χ2v) is 8.08. The minimum atomic E-state index is -0.319. The van der Waals surface area contributed by atoms with Crippen LogP contribution in [0.3, 0.4) is 0 Å². The van der Waals surface area contributed by atoms with Gasteiger partial charge in [0.2, 0.25) is 0 Å². The van der Waals surface area contributed by atoms with Crippen LogP contribution in [0.2, 0.25) is 0 Å². The molecule has 1 unspecified atom stereocenters. The maximum Gasteiger partial charge on any atom is 0.197 e. The van der Waals surface area contributed by atoms with Gasteiger partial charge >= 0.3 is 0 Å². The predicted molar refractivity (Wildman–Crippen MR) is 117 cm³/mol. The third kappa shape index (κ3) is 4.42. The number of nitrogens with zero attached hydrogens (tertiary/aromatic N) is 4. The molecule has 0 N–H and O–H groups in total. The lowest BCUT2D eigenvalue weighted by Gasteiger charge is -2.13. The number of halogens is 1. The first-order valence-electron chi connectivity index (χ1n) is 9.52. The molecule has 1 heterocycles. The molecule has 0 saturated heterocycles. The van der Waals surface area contributed by atoms with Gasteiger partial charge in [-0.2, -0.15) is 5.26 Å². The Morgan fingerprint density at radius 3 is 2.33 bits per heavy atom. The monoisotopic (exact) mass is 414 g/mol. The Kier molecular flexibility index (Phi) is 5.92. The summed E-state index contributed by atoms with van der Waals surface area (Å²) in [7, 11) is 0. The molecule has 1 aromatic heterocycles. The largest absolute Gasteiger partial charge is 0.270 e. The van der Waals surface area contributed by atoms with Crippen molar-refractivity contribution < 1.29 is 4.39 Å². The van der Waals surface area contributed by atoms with E-state index in [1.165, 1.54) is 29.5 Å². The average molecular weight is 415 g/mol. The van der Waals surface area contributed by atoms with Crippen LogP contribution in [0.1, 0.15) is 11.1 Å². The molecule has 3 aromatic carbocycles. The minimum Gasteiger partial charge on any atom is -0.270 e. The van der Waals surface area contributed by atoms with Crippen LogP contribution in [0.5, 0.6) is 0 Å². The summed E-state index contributed by atoms with van der Waals surface area (Å²) in [5, 5.41) is 18.8. The Morgan fingerprint density at radius 2 is 1.67 bits per heavy atom. The molecule has 4 nitrogen and oxygen atoms in total. The summed E-state index contributed by atoms with van der Waals surface area (Å²) in [6.45, 7) is 2.04. The molecule has 148 valence electrons. The first-order valence-corrected chi connectivity index (χ1v) is 10.4. The number of nitriles is 1. The third-order valence-electron chi connectivity index (χ3n) is 4.68. The van der Waals surface area contributed by atoms with Crippen LogP contribution in [0.15, 0.2) is 84.0 Å². The van der Waals surface area contributed by atoms with E-state index in [9.17, 15) is 9.65 Å². The van der Waals surface area contributed by atoms with Gasteiger partial charge in [0.15, 0.2) is 11.0 Å². The summed E-state index contributed by atoms with van der Waals surface area (Å²) in [6.07, 6.45) is 0.606. The number of benzene rings is 3. The Morgan fingerprint density at radius 1 is 0.967 bits per heavy atom. The molecule has 1 atom stereocenters. The minimum absolute atomic E-state index is 0.304. The molecule has 0 aliphatic heterocycles. The third-order valence-corrected chi connectivity index (χ3v) is 5.72. The van der Waals surface area contributed by atoms with Crippen LogP contribution < -0.4 is 0 Å². The Balaban J connectivity index is 1.69. The number of hydrogen-bond acceptors (Lipinski definition) is 4. The molecule has 0 bridgehead atoms. The first kappa shape index (κ1) is 19.9. The molecule has 6 heteroatoms. The average Bonchev–Trinajstić information content (AvgIpc) is 3.19. The van der Waals surface area contributed by atoms with Gasteiger partial charge < -0.3 is 0 Å². The fraction of sp³-hybridized carbons (Fsp3) is 0.125. The van der Waals surface area contributed by atoms with E-state index in [1.54, 1.807) is 12.1 Å². The second-order valence-electron chi connectivity index (χ2n) is 6.91. The molecule has 0 amide bonds. The molecule has 30 heavy (non-hydrogen) atoms. The van der Waals surface area contributed by atoms with Crippen molar-refractivity contribution in [1.82, 2.24) is 14.8 Å². The number of thioether (sulfide) groups is 1. The molecule has 0 radical (unpaired) electrons. The quantitative estimate of drug-likeness (QED) is 0.385. The van der Waals surface area contributed by atoms with Gasteiger partial charge in [-0.1, -0.05) is 59.8 Å². The van der Waals surface area contributed by atoms with Gasteiger partial charge in [-0.25, -0.2) is 4.39 Å². The molecule has 0 spiro atoms. The maximum absolute atomic E-state index is 13.4. The van der Waals surface area contributed by atoms with Crippen LogP contribution >= 0.6 is 11.8 Å². The molecule has 0 aliphatic carbocycles. The topological polar surface area (TPSA) is 54.5 Å². The zero-order valence-corrected chi connectivity index (χ0v) is 17.2. The van der Waals surface area contributed by atoms with Gasteiger partial charge in [0.05, 0.1) is 6.07 Å². The van der Waals surface area contributed by atoms with Crippen molar-refractivity contribution in [3.05, 3.63) is 95.8 Å². The second kappa shape index (κ2) is 8.93.